The number of aromatic nitrogens is 3. The molecule has 10 rings (SSSR count). The molecule has 0 saturated carbocycles. The topological polar surface area (TPSA) is 43.9 Å². The molecule has 3 heterocycles. The summed E-state index contributed by atoms with van der Waals surface area (Å²) in [6, 6.07) is 58.9. The summed E-state index contributed by atoms with van der Waals surface area (Å²) in [6.07, 6.45) is 6.53. The molecule has 0 aliphatic heterocycles. The van der Waals surface area contributed by atoms with Crippen LogP contribution in [0.1, 0.15) is 51.3 Å². The molecule has 0 bridgehead atoms. The van der Waals surface area contributed by atoms with Crippen LogP contribution in [0.4, 0.5) is 0 Å². The van der Waals surface area contributed by atoms with E-state index >= 15 is 0 Å². The van der Waals surface area contributed by atoms with Gasteiger partial charge in [-0.2, -0.15) is 0 Å². The largest absolute Gasteiger partial charge is 0.557 e. The molecule has 66 heavy (non-hydrogen) atoms. The van der Waals surface area contributed by atoms with Gasteiger partial charge in [-0.25, -0.2) is 0 Å². The van der Waals surface area contributed by atoms with Gasteiger partial charge in [0.15, 0.2) is 0 Å². The monoisotopic (exact) mass is 1060 g/mol. The molecule has 0 N–H and O–H groups in total. The van der Waals surface area contributed by atoms with Crippen LogP contribution in [0.2, 0.25) is 19.6 Å². The first kappa shape index (κ1) is 46.4. The fourth-order valence-electron chi connectivity index (χ4n) is 8.95. The zero-order chi connectivity index (χ0) is 45.5. The first-order valence-electron chi connectivity index (χ1n) is 22.8. The molecule has 0 aliphatic rings. The van der Waals surface area contributed by atoms with Gasteiger partial charge in [-0.3, -0.25) is 4.98 Å². The van der Waals surface area contributed by atoms with Gasteiger partial charge in [0.2, 0.25) is 0 Å². The van der Waals surface area contributed by atoms with Crippen molar-refractivity contribution in [2.45, 2.75) is 73.0 Å². The number of aryl methyl sites for hydroxylation is 1. The van der Waals surface area contributed by atoms with Gasteiger partial charge in [-0.15, -0.1) is 35.9 Å². The number of hydrogen-bond acceptors (Lipinski definition) is 3. The Morgan fingerprint density at radius 1 is 0.712 bits per heavy atom. The number of rotatable bonds is 8. The first-order chi connectivity index (χ1) is 31.2. The van der Waals surface area contributed by atoms with E-state index in [9.17, 15) is 0 Å². The SMILES string of the molecule is CC(C)Cc1cc(-c2[c-]cccc2)ncc1[Si](C)(C)C.Cc1cccc2cc3c(-c4nc5ccccc5n4-c4c(-c5ccccc5)cc(C(C)(C)C)cc4-c4ccccc4)[c-]oc3cc12.[Ir]. The number of furan rings is 1. The second kappa shape index (κ2) is 19.0. The fraction of sp³-hybridized carbons (Fsp3) is 0.200. The molecule has 6 heteroatoms. The smallest absolute Gasteiger partial charge is 0.0798 e. The Bertz CT molecular complexity index is 3220. The van der Waals surface area contributed by atoms with E-state index in [0.717, 1.165) is 79.0 Å². The van der Waals surface area contributed by atoms with E-state index in [4.69, 9.17) is 9.40 Å². The van der Waals surface area contributed by atoms with Crippen molar-refractivity contribution < 1.29 is 24.5 Å². The van der Waals surface area contributed by atoms with Crippen LogP contribution in [-0.2, 0) is 31.9 Å². The molecule has 0 spiro atoms. The minimum absolute atomic E-state index is 0. The number of fused-ring (bicyclic) bond motifs is 3. The molecule has 0 amide bonds. The maximum Gasteiger partial charge on any atom is 0.0798 e. The summed E-state index contributed by atoms with van der Waals surface area (Å²) >= 11 is 0. The molecular weight excluding hydrogens is 999 g/mol. The van der Waals surface area contributed by atoms with E-state index in [-0.39, 0.29) is 25.5 Å². The van der Waals surface area contributed by atoms with Crippen molar-refractivity contribution in [1.82, 2.24) is 14.5 Å². The van der Waals surface area contributed by atoms with E-state index in [2.05, 4.69) is 229 Å². The molecule has 4 nitrogen and oxygen atoms in total. The summed E-state index contributed by atoms with van der Waals surface area (Å²) in [5.41, 5.74) is 15.4. The van der Waals surface area contributed by atoms with E-state index < -0.39 is 8.07 Å². The number of para-hydroxylation sites is 2. The molecule has 3 aromatic heterocycles. The Labute approximate surface area is 405 Å². The zero-order valence-electron chi connectivity index (χ0n) is 39.5. The molecule has 0 unspecified atom stereocenters. The zero-order valence-corrected chi connectivity index (χ0v) is 42.9. The van der Waals surface area contributed by atoms with Crippen LogP contribution in [0, 0.1) is 25.2 Å². The summed E-state index contributed by atoms with van der Waals surface area (Å²) in [5, 5.41) is 4.85. The van der Waals surface area contributed by atoms with Gasteiger partial charge in [-0.1, -0.05) is 180 Å². The molecule has 7 aromatic carbocycles. The molecule has 333 valence electrons. The van der Waals surface area contributed by atoms with Gasteiger partial charge in [0.05, 0.1) is 30.6 Å². The van der Waals surface area contributed by atoms with Crippen molar-refractivity contribution in [2.24, 2.45) is 5.92 Å². The average molecular weight is 1060 g/mol. The van der Waals surface area contributed by atoms with Crippen LogP contribution >= 0.6 is 0 Å². The Hall–Kier alpha value is -6.17. The standard InChI is InChI=1S/C42H33N2O.C18H24NSi.Ir/c1-27-14-13-19-30-22-35-36(26-45-39(35)25-32(27)30)41-43-37-20-11-12-21-38(37)44(41)40-33(28-15-7-5-8-16-28)23-31(42(2,3)4)24-34(40)29-17-9-6-10-18-29;1-14(2)11-16-12-17(15-9-7-6-8-10-15)19-13-18(16)20(3,4)5;/h5-25H,1-4H3;6-9,12-14H,11H2,1-5H3;/q2*-1;. The van der Waals surface area contributed by atoms with Crippen molar-refractivity contribution in [2.75, 3.05) is 0 Å². The second-order valence-corrected chi connectivity index (χ2v) is 24.8. The van der Waals surface area contributed by atoms with Gasteiger partial charge >= 0.3 is 0 Å². The summed E-state index contributed by atoms with van der Waals surface area (Å²) in [5.74, 6) is 1.47. The summed E-state index contributed by atoms with van der Waals surface area (Å²) in [7, 11) is -1.34. The summed E-state index contributed by atoms with van der Waals surface area (Å²) in [4.78, 5) is 9.98. The van der Waals surface area contributed by atoms with Crippen LogP contribution in [0.15, 0.2) is 168 Å². The number of benzene rings is 7. The van der Waals surface area contributed by atoms with Crippen molar-refractivity contribution in [3.05, 3.63) is 193 Å². The van der Waals surface area contributed by atoms with Gasteiger partial charge in [0.1, 0.15) is 0 Å². The minimum Gasteiger partial charge on any atom is -0.557 e. The van der Waals surface area contributed by atoms with Gasteiger partial charge < -0.3 is 14.0 Å². The third-order valence-corrected chi connectivity index (χ3v) is 14.4. The van der Waals surface area contributed by atoms with Crippen molar-refractivity contribution >= 4 is 46.0 Å². The van der Waals surface area contributed by atoms with Gasteiger partial charge in [0, 0.05) is 49.3 Å². The predicted octanol–water partition coefficient (Wildman–Crippen LogP) is 15.6. The third-order valence-electron chi connectivity index (χ3n) is 12.3. The van der Waals surface area contributed by atoms with E-state index in [1.807, 2.05) is 18.2 Å². The molecule has 10 aromatic rings. The third kappa shape index (κ3) is 9.42. The van der Waals surface area contributed by atoms with Gasteiger partial charge in [0.25, 0.3) is 0 Å². The van der Waals surface area contributed by atoms with Gasteiger partial charge in [-0.05, 0) is 92.8 Å². The molecule has 0 aliphatic carbocycles. The quantitative estimate of drug-likeness (QED) is 0.113. The van der Waals surface area contributed by atoms with E-state index in [1.54, 1.807) is 0 Å². The second-order valence-electron chi connectivity index (χ2n) is 19.7. The molecular formula is C60H57IrN3OSi-2. The normalized spacial score (nSPS) is 11.8. The first-order valence-corrected chi connectivity index (χ1v) is 26.3. The fourth-order valence-corrected chi connectivity index (χ4v) is 10.5. The Morgan fingerprint density at radius 3 is 1.98 bits per heavy atom. The maximum absolute atomic E-state index is 6.17. The summed E-state index contributed by atoms with van der Waals surface area (Å²) in [6.45, 7) is 20.7. The number of hydrogen-bond donors (Lipinski definition) is 0. The molecule has 0 fully saturated rings. The Balaban J connectivity index is 0.000000238. The Kier molecular flexibility index (Phi) is 13.3. The van der Waals surface area contributed by atoms with Crippen LogP contribution in [-0.4, -0.2) is 22.6 Å². The van der Waals surface area contributed by atoms with Crippen LogP contribution in [0.25, 0.3) is 83.4 Å². The van der Waals surface area contributed by atoms with E-state index in [0.29, 0.717) is 5.92 Å². The average Bonchev–Trinajstić information content (AvgIpc) is 3.89. The van der Waals surface area contributed by atoms with Crippen LogP contribution < -0.4 is 5.19 Å². The predicted molar refractivity (Wildman–Crippen MR) is 277 cm³/mol. The number of nitrogens with zero attached hydrogens (tertiary/aromatic N) is 3. The minimum atomic E-state index is -1.34. The van der Waals surface area contributed by atoms with E-state index in [1.165, 1.54) is 32.6 Å². The number of imidazole rings is 1. The number of pyridine rings is 1. The van der Waals surface area contributed by atoms with Crippen LogP contribution in [0.3, 0.4) is 0 Å². The van der Waals surface area contributed by atoms with Crippen LogP contribution in [0.5, 0.6) is 0 Å². The van der Waals surface area contributed by atoms with Crippen molar-refractivity contribution in [3.8, 4) is 50.6 Å². The Morgan fingerprint density at radius 2 is 1.36 bits per heavy atom. The molecule has 0 atom stereocenters. The molecule has 0 saturated heterocycles. The van der Waals surface area contributed by atoms with Crippen molar-refractivity contribution in [3.63, 3.8) is 0 Å². The summed E-state index contributed by atoms with van der Waals surface area (Å²) < 4.78 is 8.50. The maximum atomic E-state index is 6.17. The van der Waals surface area contributed by atoms with Crippen molar-refractivity contribution in [1.29, 1.82) is 0 Å². The molecule has 1 radical (unpaired) electrons.